The number of halogens is 3. The highest BCUT2D eigenvalue weighted by molar-refractivity contribution is 7.98. The lowest BCUT2D eigenvalue weighted by molar-refractivity contribution is -0.137. The molecule has 0 bridgehead atoms. The summed E-state index contributed by atoms with van der Waals surface area (Å²) in [4.78, 5) is 31.5. The van der Waals surface area contributed by atoms with Gasteiger partial charge in [0.25, 0.3) is 5.56 Å². The Hall–Kier alpha value is -3.08. The summed E-state index contributed by atoms with van der Waals surface area (Å²) in [7, 11) is 0. The van der Waals surface area contributed by atoms with Crippen LogP contribution in [0.2, 0.25) is 0 Å². The third-order valence-electron chi connectivity index (χ3n) is 4.79. The first-order valence-corrected chi connectivity index (χ1v) is 10.5. The van der Waals surface area contributed by atoms with Gasteiger partial charge in [-0.15, -0.1) is 0 Å². The van der Waals surface area contributed by atoms with Crippen LogP contribution in [0, 0.1) is 0 Å². The van der Waals surface area contributed by atoms with Crippen LogP contribution in [0.5, 0.6) is 0 Å². The summed E-state index contributed by atoms with van der Waals surface area (Å²) in [5.74, 6) is 0.909. The second-order valence-corrected chi connectivity index (χ2v) is 7.85. The first-order chi connectivity index (χ1) is 14.9. The SMILES string of the molecule is O=c1cc(CSc2ncccn2)nc(N2CCN(c3cccc(C(F)(F)F)c3)CC2)[nH]1. The van der Waals surface area contributed by atoms with Crippen LogP contribution >= 0.6 is 11.8 Å². The molecule has 1 N–H and O–H groups in total. The van der Waals surface area contributed by atoms with Gasteiger partial charge in [-0.2, -0.15) is 13.2 Å². The van der Waals surface area contributed by atoms with E-state index >= 15 is 0 Å². The number of piperazine rings is 1. The standard InChI is InChI=1S/C20H19F3N6OS/c21-20(22,23)14-3-1-4-16(11-14)28-7-9-29(10-8-28)18-26-15(12-17(30)27-18)13-31-19-24-5-2-6-25-19/h1-6,11-12H,7-10,13H2,(H,26,27,30). The van der Waals surface area contributed by atoms with Crippen LogP contribution < -0.4 is 15.4 Å². The molecule has 7 nitrogen and oxygen atoms in total. The van der Waals surface area contributed by atoms with Gasteiger partial charge in [0.1, 0.15) is 0 Å². The molecule has 162 valence electrons. The molecule has 1 saturated heterocycles. The van der Waals surface area contributed by atoms with Gasteiger partial charge in [0.15, 0.2) is 5.16 Å². The second-order valence-electron chi connectivity index (χ2n) is 6.90. The van der Waals surface area contributed by atoms with Crippen molar-refractivity contribution in [3.63, 3.8) is 0 Å². The van der Waals surface area contributed by atoms with Crippen molar-refractivity contribution in [1.82, 2.24) is 19.9 Å². The van der Waals surface area contributed by atoms with E-state index in [9.17, 15) is 18.0 Å². The summed E-state index contributed by atoms with van der Waals surface area (Å²) in [6.45, 7) is 2.08. The van der Waals surface area contributed by atoms with Crippen molar-refractivity contribution in [1.29, 1.82) is 0 Å². The highest BCUT2D eigenvalue weighted by Gasteiger charge is 2.31. The van der Waals surface area contributed by atoms with Gasteiger partial charge in [0.05, 0.1) is 11.3 Å². The number of aromatic nitrogens is 4. The Balaban J connectivity index is 1.42. The van der Waals surface area contributed by atoms with E-state index in [0.717, 1.165) is 6.07 Å². The number of anilines is 2. The summed E-state index contributed by atoms with van der Waals surface area (Å²) in [5, 5.41) is 0.598. The zero-order chi connectivity index (χ0) is 21.8. The van der Waals surface area contributed by atoms with Crippen LogP contribution in [0.1, 0.15) is 11.3 Å². The fraction of sp³-hybridized carbons (Fsp3) is 0.300. The summed E-state index contributed by atoms with van der Waals surface area (Å²) in [6.07, 6.45) is -1.07. The lowest BCUT2D eigenvalue weighted by Gasteiger charge is -2.36. The molecule has 0 radical (unpaired) electrons. The third kappa shape index (κ3) is 5.35. The number of nitrogens with one attached hydrogen (secondary N) is 1. The van der Waals surface area contributed by atoms with Crippen molar-refractivity contribution >= 4 is 23.4 Å². The van der Waals surface area contributed by atoms with Crippen molar-refractivity contribution in [3.8, 4) is 0 Å². The van der Waals surface area contributed by atoms with E-state index in [1.54, 1.807) is 24.5 Å². The first-order valence-electron chi connectivity index (χ1n) is 9.56. The van der Waals surface area contributed by atoms with Gasteiger partial charge in [0, 0.05) is 56.1 Å². The van der Waals surface area contributed by atoms with E-state index in [-0.39, 0.29) is 5.56 Å². The highest BCUT2D eigenvalue weighted by Crippen LogP contribution is 2.32. The maximum absolute atomic E-state index is 13.0. The molecule has 3 aromatic rings. The quantitative estimate of drug-likeness (QED) is 0.474. The Morgan fingerprint density at radius 2 is 1.71 bits per heavy atom. The minimum Gasteiger partial charge on any atom is -0.368 e. The van der Waals surface area contributed by atoms with Gasteiger partial charge in [0.2, 0.25) is 5.95 Å². The van der Waals surface area contributed by atoms with Crippen molar-refractivity contribution in [2.75, 3.05) is 36.0 Å². The third-order valence-corrected chi connectivity index (χ3v) is 5.70. The van der Waals surface area contributed by atoms with Gasteiger partial charge in [-0.05, 0) is 24.3 Å². The van der Waals surface area contributed by atoms with Crippen molar-refractivity contribution < 1.29 is 13.2 Å². The second kappa shape index (κ2) is 8.96. The van der Waals surface area contributed by atoms with Crippen LogP contribution in [-0.2, 0) is 11.9 Å². The molecule has 0 atom stereocenters. The summed E-state index contributed by atoms with van der Waals surface area (Å²) in [6, 6.07) is 8.50. The average molecular weight is 448 g/mol. The van der Waals surface area contributed by atoms with E-state index in [1.807, 2.05) is 9.80 Å². The molecule has 1 aliphatic heterocycles. The van der Waals surface area contributed by atoms with Crippen LogP contribution in [0.3, 0.4) is 0 Å². The minimum atomic E-state index is -4.37. The fourth-order valence-corrected chi connectivity index (χ4v) is 3.97. The molecule has 0 amide bonds. The van der Waals surface area contributed by atoms with Gasteiger partial charge < -0.3 is 9.80 Å². The van der Waals surface area contributed by atoms with Crippen LogP contribution in [0.4, 0.5) is 24.8 Å². The summed E-state index contributed by atoms with van der Waals surface area (Å²) >= 11 is 1.38. The van der Waals surface area contributed by atoms with Crippen molar-refractivity contribution in [2.45, 2.75) is 17.1 Å². The average Bonchev–Trinajstić information content (AvgIpc) is 2.78. The number of rotatable bonds is 5. The lowest BCUT2D eigenvalue weighted by Crippen LogP contribution is -2.47. The number of hydrogen-bond acceptors (Lipinski definition) is 7. The Kier molecular flexibility index (Phi) is 6.12. The molecular formula is C20H19F3N6OS. The maximum Gasteiger partial charge on any atom is 0.416 e. The molecule has 0 aliphatic carbocycles. The number of nitrogens with zero attached hydrogens (tertiary/aromatic N) is 5. The molecule has 0 saturated carbocycles. The van der Waals surface area contributed by atoms with Crippen LogP contribution in [-0.4, -0.2) is 46.1 Å². The molecule has 1 aromatic carbocycles. The normalized spacial score (nSPS) is 14.7. The first kappa shape index (κ1) is 21.2. The Morgan fingerprint density at radius 3 is 2.42 bits per heavy atom. The van der Waals surface area contributed by atoms with E-state index in [4.69, 9.17) is 0 Å². The molecule has 3 heterocycles. The minimum absolute atomic E-state index is 0.255. The molecule has 0 unspecified atom stereocenters. The molecule has 11 heteroatoms. The molecule has 1 aliphatic rings. The molecule has 31 heavy (non-hydrogen) atoms. The van der Waals surface area contributed by atoms with E-state index in [1.165, 1.54) is 30.0 Å². The van der Waals surface area contributed by atoms with Crippen LogP contribution in [0.15, 0.2) is 58.7 Å². The maximum atomic E-state index is 13.0. The Morgan fingerprint density at radius 1 is 1.00 bits per heavy atom. The van der Waals surface area contributed by atoms with Gasteiger partial charge in [-0.1, -0.05) is 17.8 Å². The van der Waals surface area contributed by atoms with Crippen LogP contribution in [0.25, 0.3) is 0 Å². The number of hydrogen-bond donors (Lipinski definition) is 1. The van der Waals surface area contributed by atoms with E-state index in [0.29, 0.717) is 54.4 Å². The smallest absolute Gasteiger partial charge is 0.368 e. The highest BCUT2D eigenvalue weighted by atomic mass is 32.2. The predicted octanol–water partition coefficient (Wildman–Crippen LogP) is 3.20. The summed E-state index contributed by atoms with van der Waals surface area (Å²) in [5.41, 5.74) is 0.223. The predicted molar refractivity (Wildman–Crippen MR) is 112 cm³/mol. The van der Waals surface area contributed by atoms with Crippen molar-refractivity contribution in [2.24, 2.45) is 0 Å². The summed E-state index contributed by atoms with van der Waals surface area (Å²) < 4.78 is 39.0. The topological polar surface area (TPSA) is 78.0 Å². The zero-order valence-electron chi connectivity index (χ0n) is 16.3. The van der Waals surface area contributed by atoms with Gasteiger partial charge >= 0.3 is 6.18 Å². The number of aromatic amines is 1. The molecule has 0 spiro atoms. The number of benzene rings is 1. The monoisotopic (exact) mass is 448 g/mol. The number of H-pyrrole nitrogens is 1. The largest absolute Gasteiger partial charge is 0.416 e. The number of alkyl halides is 3. The van der Waals surface area contributed by atoms with Gasteiger partial charge in [-0.3, -0.25) is 9.78 Å². The van der Waals surface area contributed by atoms with E-state index < -0.39 is 11.7 Å². The fourth-order valence-electron chi connectivity index (χ4n) is 3.27. The Labute approximate surface area is 180 Å². The molecule has 2 aromatic heterocycles. The molecule has 1 fully saturated rings. The van der Waals surface area contributed by atoms with Gasteiger partial charge in [-0.25, -0.2) is 15.0 Å². The lowest BCUT2D eigenvalue weighted by atomic mass is 10.1. The van der Waals surface area contributed by atoms with E-state index in [2.05, 4.69) is 19.9 Å². The number of thioether (sulfide) groups is 1. The molecular weight excluding hydrogens is 429 g/mol. The zero-order valence-corrected chi connectivity index (χ0v) is 17.2. The molecule has 4 rings (SSSR count). The van der Waals surface area contributed by atoms with Crippen molar-refractivity contribution in [3.05, 3.63) is 70.4 Å². The Bertz CT molecular complexity index is 1080.